The number of sulfone groups is 4. The van der Waals surface area contributed by atoms with Crippen LogP contribution in [0.4, 0.5) is 0 Å². The summed E-state index contributed by atoms with van der Waals surface area (Å²) in [5, 5.41) is 1.68. The van der Waals surface area contributed by atoms with Crippen LogP contribution < -0.4 is 16.2 Å². The zero-order valence-corrected chi connectivity index (χ0v) is 104. The Morgan fingerprint density at radius 1 is 0.360 bits per heavy atom. The van der Waals surface area contributed by atoms with Crippen LogP contribution in [0.1, 0.15) is 78.1 Å². The van der Waals surface area contributed by atoms with Gasteiger partial charge in [0.15, 0.2) is 132 Å². The first-order valence-electron chi connectivity index (χ1n) is 46.5. The highest BCUT2D eigenvalue weighted by molar-refractivity contribution is 8.13. The van der Waals surface area contributed by atoms with Gasteiger partial charge in [0.1, 0.15) is 0 Å². The van der Waals surface area contributed by atoms with E-state index in [9.17, 15) is 55.3 Å². The zero-order valence-electron chi connectivity index (χ0n) is 84.8. The van der Waals surface area contributed by atoms with E-state index in [2.05, 4.69) is 142 Å². The van der Waals surface area contributed by atoms with Crippen molar-refractivity contribution in [1.29, 1.82) is 0 Å². The molecular formula is C93H163Cl4N7O17S8Si10. The molecule has 7 N–H and O–H groups in total. The molecule has 0 aliphatic carbocycles. The molecule has 0 radical (unpaired) electrons. The summed E-state index contributed by atoms with van der Waals surface area (Å²) in [6, 6.07) is 61.2. The largest absolute Gasteiger partial charge is 0.455 e. The first-order valence-corrected chi connectivity index (χ1v) is 91.7. The minimum Gasteiger partial charge on any atom is -0.455 e. The fourth-order valence-corrected chi connectivity index (χ4v) is 58.8. The van der Waals surface area contributed by atoms with Crippen LogP contribution in [0, 0.1) is 4.77 Å². The predicted molar refractivity (Wildman–Crippen MR) is 615 cm³/mol. The molecule has 0 aliphatic rings. The van der Waals surface area contributed by atoms with E-state index >= 15 is 0 Å². The maximum absolute atomic E-state index is 12.4. The molecule has 0 fully saturated rings. The normalized spacial score (nSPS) is 12.6. The molecule has 139 heavy (non-hydrogen) atoms. The first kappa shape index (κ1) is 136. The molecule has 6 aromatic carbocycles. The number of nitrogens with two attached hydrogens (primary N) is 2. The molecule has 788 valence electrons. The van der Waals surface area contributed by atoms with Gasteiger partial charge in [0.25, 0.3) is 9.05 Å². The van der Waals surface area contributed by atoms with Gasteiger partial charge in [-0.15, -0.1) is 23.2 Å². The van der Waals surface area contributed by atoms with Crippen LogP contribution in [-0.2, 0) is 74.9 Å². The summed E-state index contributed by atoms with van der Waals surface area (Å²) in [7, 11) is -32.1. The van der Waals surface area contributed by atoms with Crippen LogP contribution in [0.5, 0.6) is 0 Å². The molecule has 46 heteroatoms. The number of nitrogens with one attached hydrogen (secondary N) is 2. The lowest BCUT2D eigenvalue weighted by molar-refractivity contribution is 0.527. The maximum atomic E-state index is 12.4. The van der Waals surface area contributed by atoms with E-state index < -0.39 is 141 Å². The van der Waals surface area contributed by atoms with Crippen molar-refractivity contribution in [1.82, 2.24) is 24.7 Å². The number of halogens is 4. The van der Waals surface area contributed by atoms with Crippen molar-refractivity contribution in [2.75, 3.05) is 59.0 Å². The Bertz CT molecular complexity index is 5350. The van der Waals surface area contributed by atoms with Crippen molar-refractivity contribution in [2.45, 2.75) is 286 Å². The summed E-state index contributed by atoms with van der Waals surface area (Å²) in [6.07, 6.45) is 15.8. The standard InChI is InChI=1S/C24H38O5S2Si2.C18H29N3O3S2Si2.C15H27ClO3SSi2.C12H20O3SSi.C10H28N2OSi2.C6H5ClO2S.C4H4N2S.C3H8Cl2Si.CH4/c1-32(2,21-13-11-19-30(25,26)23-15-7-5-8-16-23)29-33(3,4)22-14-12-20-31(27,28)24-17-9-6-10-18-24;1-27(2,24-28(3,4)16-25-18-19-12-8-13-20-18)15-9-14-21-26(22,23)17-10-6-5-7-11-17;1-21(2,19-22(3,4)14-16)13-9-8-12-20(17,18)15-10-6-5-7-11-15;1-17(2,15)11-7-6-10-16(13,14)12-8-4-3-5-9-12;1-14(2,9-5-7-11)13-15(3,4)10-6-8-12;7-10(8,9)6-4-2-1-3-5-6;7-4-5-2-1-3-6-4;1-6(2,5)3-4;/h5-10,15-18H,11-14,19-22H2,1-4H3;5-8,10-13,21H,9,14-16H2,1-4H3;5-7,10-11H,8-9,12-14H2,1-4H3;3-5,8-9,15H,6-7,10-11H2,1-2H3;5-12H2,1-4H3;1-5H;1-3H,(H,5,6,7);3H2,1-2H3;1H4. The van der Waals surface area contributed by atoms with Crippen LogP contribution in [-0.4, -0.2) is 217 Å². The Morgan fingerprint density at radius 2 is 0.626 bits per heavy atom. The average molecular weight is 2330 g/mol. The van der Waals surface area contributed by atoms with Gasteiger partial charge < -0.3 is 37.7 Å². The molecule has 0 saturated heterocycles. The van der Waals surface area contributed by atoms with Crippen LogP contribution in [0.25, 0.3) is 0 Å². The number of aromatic nitrogens is 4. The third-order valence-electron chi connectivity index (χ3n) is 20.0. The third kappa shape index (κ3) is 67.4. The van der Waals surface area contributed by atoms with Gasteiger partial charge in [-0.3, -0.25) is 0 Å². The summed E-state index contributed by atoms with van der Waals surface area (Å²) < 4.78 is 173. The highest BCUT2D eigenvalue weighted by Crippen LogP contribution is 2.31. The smallest absolute Gasteiger partial charge is 0.261 e. The Balaban J connectivity index is 0.00000164. The van der Waals surface area contributed by atoms with Crippen LogP contribution in [0.2, 0.25) is 173 Å². The minimum absolute atomic E-state index is 0. The van der Waals surface area contributed by atoms with Crippen molar-refractivity contribution in [3.63, 3.8) is 0 Å². The Labute approximate surface area is 877 Å². The molecule has 8 aromatic rings. The molecule has 0 spiro atoms. The molecular weight excluding hydrogens is 2170 g/mol. The average Bonchev–Trinajstić information content (AvgIpc) is 0.897. The van der Waals surface area contributed by atoms with E-state index in [-0.39, 0.29) is 35.3 Å². The van der Waals surface area contributed by atoms with Crippen molar-refractivity contribution in [2.24, 2.45) is 11.5 Å². The monoisotopic (exact) mass is 2330 g/mol. The number of aromatic amines is 1. The summed E-state index contributed by atoms with van der Waals surface area (Å²) in [4.78, 5) is 26.7. The van der Waals surface area contributed by atoms with E-state index in [0.717, 1.165) is 98.8 Å². The van der Waals surface area contributed by atoms with E-state index in [0.29, 0.717) is 72.5 Å². The number of rotatable bonds is 50. The van der Waals surface area contributed by atoms with Crippen LogP contribution in [0.15, 0.2) is 253 Å². The molecule has 0 atom stereocenters. The number of H-pyrrole nitrogens is 1. The number of benzene rings is 6. The second kappa shape index (κ2) is 66.3. The topological polar surface area (TPSA) is 381 Å². The SMILES string of the molecule is C.C[Si](C)(CCCCS(=O)(=O)c1ccccc1)O[Si](C)(C)CCCCS(=O)(=O)c1ccccc1.C[Si](C)(CCCN)O[Si](C)(C)CCCN.C[Si](C)(CCCNS(=O)(=O)c1ccccc1)O[Si](C)(C)CSc1ncccn1.C[Si](C)(CCl)O[Si](C)(C)CCCCS(=O)(=O)c1ccccc1.C[Si](C)(Cl)CCl.C[Si](C)(O)CCCCS(=O)(=O)c1ccccc1.O=S(=O)(Cl)c1ccccc1.S=c1nccc[nH]1. The lowest BCUT2D eigenvalue weighted by Crippen LogP contribution is -2.46. The number of nitrogens with zero attached hydrogens (tertiary/aromatic N) is 3. The molecule has 0 unspecified atom stereocenters. The number of alkyl halides is 2. The quantitative estimate of drug-likeness (QED) is 0.00345. The lowest BCUT2D eigenvalue weighted by atomic mass is 10.4. The molecule has 2 heterocycles. The first-order chi connectivity index (χ1) is 63.7. The summed E-state index contributed by atoms with van der Waals surface area (Å²) in [5.41, 5.74) is 12.3. The predicted octanol–water partition coefficient (Wildman–Crippen LogP) is 24.4. The highest BCUT2D eigenvalue weighted by atomic mass is 35.7. The van der Waals surface area contributed by atoms with Crippen molar-refractivity contribution in [3.8, 4) is 0 Å². The van der Waals surface area contributed by atoms with Gasteiger partial charge in [0.05, 0.1) is 52.4 Å². The van der Waals surface area contributed by atoms with Gasteiger partial charge in [-0.1, -0.05) is 167 Å². The second-order valence-corrected chi connectivity index (χ2v) is 102. The maximum Gasteiger partial charge on any atom is 0.261 e. The van der Waals surface area contributed by atoms with E-state index in [4.69, 9.17) is 72.9 Å². The van der Waals surface area contributed by atoms with Crippen molar-refractivity contribution >= 4 is 210 Å². The van der Waals surface area contributed by atoms with Gasteiger partial charge in [0, 0.05) is 58.4 Å². The molecule has 24 nitrogen and oxygen atoms in total. The highest BCUT2D eigenvalue weighted by Gasteiger charge is 2.37. The van der Waals surface area contributed by atoms with Gasteiger partial charge >= 0.3 is 0 Å². The Kier molecular flexibility index (Phi) is 64.7. The number of hydrogen-bond donors (Lipinski definition) is 5. The van der Waals surface area contributed by atoms with E-state index in [1.807, 2.05) is 50.5 Å². The number of thioether (sulfide) groups is 1. The molecule has 0 bridgehead atoms. The number of sulfonamides is 1. The summed E-state index contributed by atoms with van der Waals surface area (Å²) in [6.45, 7) is 45.3. The van der Waals surface area contributed by atoms with Crippen molar-refractivity contribution in [3.05, 3.63) is 224 Å². The Hall–Kier alpha value is -3.24. The van der Waals surface area contributed by atoms with E-state index in [1.165, 1.54) is 24.2 Å². The van der Waals surface area contributed by atoms with E-state index in [1.54, 1.807) is 194 Å². The van der Waals surface area contributed by atoms with Crippen LogP contribution in [0.3, 0.4) is 0 Å². The fourth-order valence-electron chi connectivity index (χ4n) is 13.7. The lowest BCUT2D eigenvalue weighted by Gasteiger charge is -2.34. The molecule has 0 amide bonds. The summed E-state index contributed by atoms with van der Waals surface area (Å²) >= 11 is 23.4. The molecule has 0 aliphatic heterocycles. The fraction of sp³-hybridized carbons (Fsp3) is 0.527. The van der Waals surface area contributed by atoms with Crippen molar-refractivity contribution < 1.29 is 71.8 Å². The zero-order chi connectivity index (χ0) is 105. The minimum atomic E-state index is -3.53. The molecule has 0 saturated carbocycles. The molecule has 2 aromatic heterocycles. The summed E-state index contributed by atoms with van der Waals surface area (Å²) in [5.74, 6) is 0.704. The molecule has 8 rings (SSSR count). The Morgan fingerprint density at radius 3 is 0.878 bits per heavy atom. The third-order valence-corrected chi connectivity index (χ3v) is 68.8. The van der Waals surface area contributed by atoms with Crippen LogP contribution >= 0.6 is 68.9 Å². The van der Waals surface area contributed by atoms with Gasteiger partial charge in [-0.25, -0.2) is 70.2 Å². The number of hydrogen-bond acceptors (Lipinski definition) is 24. The van der Waals surface area contributed by atoms with Gasteiger partial charge in [-0.2, -0.15) is 11.1 Å². The second-order valence-electron chi connectivity index (χ2n) is 39.4. The van der Waals surface area contributed by atoms with Gasteiger partial charge in [0.2, 0.25) is 10.0 Å². The van der Waals surface area contributed by atoms with Gasteiger partial charge in [-0.05, 0) is 315 Å². The number of unbranched alkanes of at least 4 members (excludes halogenated alkanes) is 4.